The molecule has 1 saturated heterocycles. The minimum absolute atomic E-state index is 0.250. The Labute approximate surface area is 118 Å². The SMILES string of the molecule is CC1CC(N)CN(Cc2nnnn2-c2ccccc2)C1. The minimum atomic E-state index is 0.250. The predicted octanol–water partition coefficient (Wildman–Crippen LogP) is 0.831. The van der Waals surface area contributed by atoms with Crippen LogP contribution in [0.25, 0.3) is 5.69 Å². The van der Waals surface area contributed by atoms with Crippen LogP contribution in [-0.4, -0.2) is 44.2 Å². The Hall–Kier alpha value is -1.79. The molecule has 6 nitrogen and oxygen atoms in total. The van der Waals surface area contributed by atoms with Gasteiger partial charge in [-0.2, -0.15) is 4.68 Å². The first-order valence-corrected chi connectivity index (χ1v) is 7.03. The molecule has 1 fully saturated rings. The number of piperidine rings is 1. The first-order valence-electron chi connectivity index (χ1n) is 7.03. The smallest absolute Gasteiger partial charge is 0.170 e. The largest absolute Gasteiger partial charge is 0.327 e. The van der Waals surface area contributed by atoms with Gasteiger partial charge >= 0.3 is 0 Å². The van der Waals surface area contributed by atoms with E-state index in [1.807, 2.05) is 30.3 Å². The second-order valence-corrected chi connectivity index (χ2v) is 5.64. The van der Waals surface area contributed by atoms with Crippen molar-refractivity contribution in [3.05, 3.63) is 36.2 Å². The third kappa shape index (κ3) is 2.86. The van der Waals surface area contributed by atoms with Gasteiger partial charge in [0.15, 0.2) is 5.82 Å². The first-order chi connectivity index (χ1) is 9.72. The molecule has 0 aliphatic carbocycles. The van der Waals surface area contributed by atoms with Crippen molar-refractivity contribution in [2.45, 2.75) is 25.9 Å². The van der Waals surface area contributed by atoms with Crippen molar-refractivity contribution in [1.82, 2.24) is 25.1 Å². The van der Waals surface area contributed by atoms with Crippen LogP contribution >= 0.6 is 0 Å². The van der Waals surface area contributed by atoms with E-state index in [4.69, 9.17) is 5.73 Å². The van der Waals surface area contributed by atoms with Crippen molar-refractivity contribution in [3.8, 4) is 5.69 Å². The monoisotopic (exact) mass is 272 g/mol. The maximum atomic E-state index is 6.09. The van der Waals surface area contributed by atoms with Gasteiger partial charge in [0, 0.05) is 19.1 Å². The van der Waals surface area contributed by atoms with Gasteiger partial charge in [0.25, 0.3) is 0 Å². The molecule has 0 bridgehead atoms. The van der Waals surface area contributed by atoms with Crippen LogP contribution in [0.4, 0.5) is 0 Å². The molecule has 2 unspecified atom stereocenters. The summed E-state index contributed by atoms with van der Waals surface area (Å²) in [5.74, 6) is 1.48. The Morgan fingerprint density at radius 3 is 2.80 bits per heavy atom. The fourth-order valence-electron chi connectivity index (χ4n) is 2.92. The van der Waals surface area contributed by atoms with Crippen LogP contribution < -0.4 is 5.73 Å². The Bertz CT molecular complexity index is 542. The molecule has 2 heterocycles. The van der Waals surface area contributed by atoms with E-state index < -0.39 is 0 Å². The van der Waals surface area contributed by atoms with E-state index in [-0.39, 0.29) is 6.04 Å². The molecule has 0 saturated carbocycles. The second-order valence-electron chi connectivity index (χ2n) is 5.64. The van der Waals surface area contributed by atoms with Gasteiger partial charge in [-0.25, -0.2) is 0 Å². The molecule has 3 rings (SSSR count). The average molecular weight is 272 g/mol. The van der Waals surface area contributed by atoms with Gasteiger partial charge in [0.1, 0.15) is 0 Å². The molecule has 2 N–H and O–H groups in total. The van der Waals surface area contributed by atoms with Crippen LogP contribution in [-0.2, 0) is 6.54 Å². The lowest BCUT2D eigenvalue weighted by atomic mass is 9.97. The maximum absolute atomic E-state index is 6.09. The summed E-state index contributed by atoms with van der Waals surface area (Å²) in [6, 6.07) is 10.2. The first kappa shape index (κ1) is 13.2. The highest BCUT2D eigenvalue weighted by atomic mass is 15.5. The molecule has 2 aromatic rings. The van der Waals surface area contributed by atoms with Crippen LogP contribution in [0, 0.1) is 5.92 Å². The van der Waals surface area contributed by atoms with E-state index in [0.717, 1.165) is 37.6 Å². The van der Waals surface area contributed by atoms with Crippen LogP contribution in [0.3, 0.4) is 0 Å². The van der Waals surface area contributed by atoms with E-state index >= 15 is 0 Å². The summed E-state index contributed by atoms with van der Waals surface area (Å²) in [7, 11) is 0. The molecule has 20 heavy (non-hydrogen) atoms. The molecule has 1 aliphatic heterocycles. The molecule has 1 aromatic carbocycles. The van der Waals surface area contributed by atoms with Gasteiger partial charge in [0.2, 0.25) is 0 Å². The van der Waals surface area contributed by atoms with Crippen molar-refractivity contribution < 1.29 is 0 Å². The van der Waals surface area contributed by atoms with Crippen molar-refractivity contribution in [2.24, 2.45) is 11.7 Å². The molecule has 0 radical (unpaired) electrons. The lowest BCUT2D eigenvalue weighted by Crippen LogP contribution is -2.46. The number of nitrogens with two attached hydrogens (primary N) is 1. The lowest BCUT2D eigenvalue weighted by Gasteiger charge is -2.34. The number of aromatic nitrogens is 4. The second kappa shape index (κ2) is 5.68. The van der Waals surface area contributed by atoms with Crippen LogP contribution in [0.2, 0.25) is 0 Å². The van der Waals surface area contributed by atoms with Gasteiger partial charge in [0.05, 0.1) is 12.2 Å². The summed E-state index contributed by atoms with van der Waals surface area (Å²) in [4.78, 5) is 2.34. The average Bonchev–Trinajstić information content (AvgIpc) is 2.86. The number of likely N-dealkylation sites (tertiary alicyclic amines) is 1. The summed E-state index contributed by atoms with van der Waals surface area (Å²) in [5, 5.41) is 12.1. The summed E-state index contributed by atoms with van der Waals surface area (Å²) in [6.07, 6.45) is 1.10. The van der Waals surface area contributed by atoms with E-state index in [9.17, 15) is 0 Å². The molecular weight excluding hydrogens is 252 g/mol. The third-order valence-electron chi connectivity index (χ3n) is 3.67. The third-order valence-corrected chi connectivity index (χ3v) is 3.67. The number of nitrogens with zero attached hydrogens (tertiary/aromatic N) is 5. The number of hydrogen-bond acceptors (Lipinski definition) is 5. The van der Waals surface area contributed by atoms with Gasteiger partial charge in [-0.1, -0.05) is 25.1 Å². The van der Waals surface area contributed by atoms with Crippen LogP contribution in [0.5, 0.6) is 0 Å². The van der Waals surface area contributed by atoms with Crippen molar-refractivity contribution in [1.29, 1.82) is 0 Å². The number of rotatable bonds is 3. The van der Waals surface area contributed by atoms with Gasteiger partial charge in [-0.05, 0) is 34.9 Å². The molecule has 1 aromatic heterocycles. The standard InChI is InChI=1S/C14H20N6/c1-11-7-12(15)9-19(8-11)10-14-16-17-18-20(14)13-5-3-2-4-6-13/h2-6,11-12H,7-10,15H2,1H3. The molecule has 106 valence electrons. The number of hydrogen-bond donors (Lipinski definition) is 1. The highest BCUT2D eigenvalue weighted by Crippen LogP contribution is 2.17. The van der Waals surface area contributed by atoms with Gasteiger partial charge in [-0.3, -0.25) is 4.90 Å². The summed E-state index contributed by atoms with van der Waals surface area (Å²) in [6.45, 7) is 4.94. The summed E-state index contributed by atoms with van der Waals surface area (Å²) < 4.78 is 1.80. The fourth-order valence-corrected chi connectivity index (χ4v) is 2.92. The van der Waals surface area contributed by atoms with Crippen molar-refractivity contribution in [2.75, 3.05) is 13.1 Å². The summed E-state index contributed by atoms with van der Waals surface area (Å²) >= 11 is 0. The highest BCUT2D eigenvalue weighted by molar-refractivity contribution is 5.30. The predicted molar refractivity (Wildman–Crippen MR) is 76.2 cm³/mol. The molecular formula is C14H20N6. The molecule has 1 aliphatic rings. The zero-order chi connectivity index (χ0) is 13.9. The highest BCUT2D eigenvalue weighted by Gasteiger charge is 2.23. The summed E-state index contributed by atoms with van der Waals surface area (Å²) in [5.41, 5.74) is 7.08. The number of para-hydroxylation sites is 1. The topological polar surface area (TPSA) is 72.9 Å². The Kier molecular flexibility index (Phi) is 3.75. The van der Waals surface area contributed by atoms with Crippen LogP contribution in [0.1, 0.15) is 19.2 Å². The fraction of sp³-hybridized carbons (Fsp3) is 0.500. The molecule has 2 atom stereocenters. The van der Waals surface area contributed by atoms with Crippen molar-refractivity contribution >= 4 is 0 Å². The van der Waals surface area contributed by atoms with E-state index in [1.165, 1.54) is 0 Å². The van der Waals surface area contributed by atoms with E-state index in [1.54, 1.807) is 4.68 Å². The molecule has 0 spiro atoms. The van der Waals surface area contributed by atoms with E-state index in [0.29, 0.717) is 5.92 Å². The zero-order valence-corrected chi connectivity index (χ0v) is 11.7. The van der Waals surface area contributed by atoms with Crippen LogP contribution in [0.15, 0.2) is 30.3 Å². The Morgan fingerprint density at radius 1 is 1.25 bits per heavy atom. The lowest BCUT2D eigenvalue weighted by molar-refractivity contribution is 0.154. The van der Waals surface area contributed by atoms with E-state index in [2.05, 4.69) is 27.3 Å². The Balaban J connectivity index is 1.77. The molecule has 0 amide bonds. The van der Waals surface area contributed by atoms with Gasteiger partial charge in [-0.15, -0.1) is 5.10 Å². The minimum Gasteiger partial charge on any atom is -0.327 e. The Morgan fingerprint density at radius 2 is 2.05 bits per heavy atom. The van der Waals surface area contributed by atoms with Crippen molar-refractivity contribution in [3.63, 3.8) is 0 Å². The number of benzene rings is 1. The number of tetrazole rings is 1. The normalized spacial score (nSPS) is 23.9. The molecule has 6 heteroatoms. The maximum Gasteiger partial charge on any atom is 0.170 e. The zero-order valence-electron chi connectivity index (χ0n) is 11.7. The quantitative estimate of drug-likeness (QED) is 0.896. The van der Waals surface area contributed by atoms with Gasteiger partial charge < -0.3 is 5.73 Å².